The Balaban J connectivity index is 1.38. The number of aromatic nitrogens is 2. The van der Waals surface area contributed by atoms with Gasteiger partial charge in [-0.2, -0.15) is 0 Å². The second kappa shape index (κ2) is 11.0. The molecule has 0 spiro atoms. The zero-order chi connectivity index (χ0) is 32.2. The van der Waals surface area contributed by atoms with E-state index in [1.165, 1.54) is 32.9 Å². The summed E-state index contributed by atoms with van der Waals surface area (Å²) in [5, 5.41) is 2.43. The zero-order valence-corrected chi connectivity index (χ0v) is 27.0. The van der Waals surface area contributed by atoms with Crippen molar-refractivity contribution < 1.29 is 0 Å². The molecule has 0 fully saturated rings. The lowest BCUT2D eigenvalue weighted by atomic mass is 9.75. The molecule has 48 heavy (non-hydrogen) atoms. The summed E-state index contributed by atoms with van der Waals surface area (Å²) in [4.78, 5) is 9.34. The van der Waals surface area contributed by atoms with Gasteiger partial charge in [0.2, 0.25) is 0 Å². The van der Waals surface area contributed by atoms with Gasteiger partial charge in [-0.3, -0.25) is 4.98 Å². The van der Waals surface area contributed by atoms with Gasteiger partial charge in [-0.25, -0.2) is 0 Å². The molecule has 0 radical (unpaired) electrons. The number of rotatable bonds is 6. The van der Waals surface area contributed by atoms with Crippen molar-refractivity contribution in [2.24, 2.45) is 0 Å². The molecule has 0 saturated carbocycles. The Hall–Kier alpha value is -6.13. The highest BCUT2D eigenvalue weighted by Gasteiger charge is 2.36. The molecule has 2 aromatic heterocycles. The van der Waals surface area contributed by atoms with Crippen molar-refractivity contribution in [2.45, 2.75) is 19.3 Å². The molecule has 6 aromatic carbocycles. The molecule has 0 bridgehead atoms. The third-order valence-electron chi connectivity index (χ3n) is 9.79. The monoisotopic (exact) mass is 618 g/mol. The van der Waals surface area contributed by atoms with E-state index < -0.39 is 0 Å². The first-order chi connectivity index (χ1) is 23.6. The van der Waals surface area contributed by atoms with Gasteiger partial charge in [-0.15, -0.1) is 0 Å². The maximum Gasteiger partial charge on any atom is 0.0686 e. The van der Waals surface area contributed by atoms with Crippen molar-refractivity contribution in [3.63, 3.8) is 0 Å². The number of nitrogens with zero attached hydrogens (tertiary/aromatic N) is 4. The molecule has 0 aliphatic carbocycles. The molecule has 0 N–H and O–H groups in total. The SMILES string of the molecule is CC1(C)c2ccncc2-n2c3ccc(N(c4ccccc4)c4ccccc4)cc3c3cc(N(c4ccccc4)c4ccccc4)cc1c32. The number of anilines is 6. The molecule has 0 amide bonds. The number of hydrogen-bond donors (Lipinski definition) is 0. The van der Waals surface area contributed by atoms with Crippen LogP contribution in [0, 0.1) is 0 Å². The minimum Gasteiger partial charge on any atom is -0.310 e. The van der Waals surface area contributed by atoms with E-state index >= 15 is 0 Å². The van der Waals surface area contributed by atoms with Gasteiger partial charge in [0.25, 0.3) is 0 Å². The summed E-state index contributed by atoms with van der Waals surface area (Å²) >= 11 is 0. The molecule has 230 valence electrons. The molecule has 0 saturated heterocycles. The van der Waals surface area contributed by atoms with Gasteiger partial charge in [0.05, 0.1) is 22.9 Å². The van der Waals surface area contributed by atoms with E-state index in [4.69, 9.17) is 0 Å². The normalized spacial score (nSPS) is 13.0. The van der Waals surface area contributed by atoms with Crippen molar-refractivity contribution >= 4 is 55.9 Å². The summed E-state index contributed by atoms with van der Waals surface area (Å²) in [5.74, 6) is 0. The number of benzene rings is 6. The lowest BCUT2D eigenvalue weighted by Crippen LogP contribution is -2.27. The lowest BCUT2D eigenvalue weighted by Gasteiger charge is -2.35. The molecular weight excluding hydrogens is 585 g/mol. The van der Waals surface area contributed by atoms with E-state index in [-0.39, 0.29) is 5.41 Å². The van der Waals surface area contributed by atoms with Gasteiger partial charge in [0.15, 0.2) is 0 Å². The molecule has 3 heterocycles. The average molecular weight is 619 g/mol. The highest BCUT2D eigenvalue weighted by atomic mass is 15.2. The minimum atomic E-state index is -0.251. The standard InChI is InChI=1S/C44H34N4/c1-44(2)39-25-26-45-30-42(39)48-41-24-23-35(46(31-15-7-3-8-16-31)32-17-9-4-10-18-32)27-37(41)38-28-36(29-40(44)43(38)48)47(33-19-11-5-12-20-33)34-21-13-6-14-22-34/h3-30H,1-2H3. The van der Waals surface area contributed by atoms with E-state index in [9.17, 15) is 0 Å². The Bertz CT molecular complexity index is 2340. The minimum absolute atomic E-state index is 0.251. The Labute approximate surface area is 280 Å². The fourth-order valence-electron chi connectivity index (χ4n) is 7.56. The molecule has 0 unspecified atom stereocenters. The number of fused-ring (bicyclic) bond motifs is 5. The maximum absolute atomic E-state index is 4.62. The van der Waals surface area contributed by atoms with Crippen LogP contribution < -0.4 is 9.80 Å². The molecule has 4 heteroatoms. The Morgan fingerprint density at radius 1 is 0.479 bits per heavy atom. The van der Waals surface area contributed by atoms with E-state index in [0.29, 0.717) is 0 Å². The Morgan fingerprint density at radius 2 is 0.979 bits per heavy atom. The second-order valence-corrected chi connectivity index (χ2v) is 13.0. The number of pyridine rings is 1. The molecule has 0 atom stereocenters. The van der Waals surface area contributed by atoms with Crippen LogP contribution in [0.15, 0.2) is 170 Å². The molecular formula is C44H34N4. The Morgan fingerprint density at radius 3 is 1.52 bits per heavy atom. The summed E-state index contributed by atoms with van der Waals surface area (Å²) in [6.07, 6.45) is 3.95. The van der Waals surface area contributed by atoms with E-state index in [2.05, 4.69) is 191 Å². The van der Waals surface area contributed by atoms with Gasteiger partial charge in [-0.05, 0) is 96.1 Å². The molecule has 9 rings (SSSR count). The predicted octanol–water partition coefficient (Wildman–Crippen LogP) is 11.8. The van der Waals surface area contributed by atoms with Gasteiger partial charge in [-0.1, -0.05) is 86.6 Å². The van der Waals surface area contributed by atoms with Crippen molar-refractivity contribution in [3.05, 3.63) is 181 Å². The number of para-hydroxylation sites is 4. The third-order valence-corrected chi connectivity index (χ3v) is 9.79. The van der Waals surface area contributed by atoms with Crippen LogP contribution in [-0.2, 0) is 5.41 Å². The average Bonchev–Trinajstić information content (AvgIpc) is 3.46. The summed E-state index contributed by atoms with van der Waals surface area (Å²) in [6.45, 7) is 4.69. The van der Waals surface area contributed by atoms with Crippen LogP contribution in [0.1, 0.15) is 25.0 Å². The largest absolute Gasteiger partial charge is 0.310 e. The van der Waals surface area contributed by atoms with Crippen LogP contribution in [0.2, 0.25) is 0 Å². The van der Waals surface area contributed by atoms with Gasteiger partial charge in [0, 0.05) is 56.5 Å². The molecule has 1 aliphatic heterocycles. The highest BCUT2D eigenvalue weighted by molar-refractivity contribution is 6.14. The quantitative estimate of drug-likeness (QED) is 0.185. The summed E-state index contributed by atoms with van der Waals surface area (Å²) in [7, 11) is 0. The van der Waals surface area contributed by atoms with Crippen molar-refractivity contribution in [1.82, 2.24) is 9.55 Å². The van der Waals surface area contributed by atoms with Crippen LogP contribution in [0.25, 0.3) is 27.5 Å². The van der Waals surface area contributed by atoms with E-state index in [1.807, 2.05) is 12.4 Å². The maximum atomic E-state index is 4.62. The molecule has 1 aliphatic rings. The van der Waals surface area contributed by atoms with Gasteiger partial charge >= 0.3 is 0 Å². The van der Waals surface area contributed by atoms with Gasteiger partial charge < -0.3 is 14.4 Å². The van der Waals surface area contributed by atoms with Crippen LogP contribution in [-0.4, -0.2) is 9.55 Å². The van der Waals surface area contributed by atoms with Gasteiger partial charge in [0.1, 0.15) is 0 Å². The first-order valence-electron chi connectivity index (χ1n) is 16.5. The summed E-state index contributed by atoms with van der Waals surface area (Å²) in [5.41, 5.74) is 12.6. The van der Waals surface area contributed by atoms with E-state index in [1.54, 1.807) is 0 Å². The van der Waals surface area contributed by atoms with Crippen molar-refractivity contribution in [3.8, 4) is 5.69 Å². The zero-order valence-electron chi connectivity index (χ0n) is 27.0. The molecule has 4 nitrogen and oxygen atoms in total. The van der Waals surface area contributed by atoms with Crippen LogP contribution in [0.4, 0.5) is 34.1 Å². The van der Waals surface area contributed by atoms with Crippen LogP contribution >= 0.6 is 0 Å². The van der Waals surface area contributed by atoms with E-state index in [0.717, 1.165) is 39.8 Å². The van der Waals surface area contributed by atoms with Crippen LogP contribution in [0.5, 0.6) is 0 Å². The fourth-order valence-corrected chi connectivity index (χ4v) is 7.56. The summed E-state index contributed by atoms with van der Waals surface area (Å²) in [6, 6.07) is 56.5. The lowest BCUT2D eigenvalue weighted by molar-refractivity contribution is 0.628. The second-order valence-electron chi connectivity index (χ2n) is 13.0. The van der Waals surface area contributed by atoms with Crippen molar-refractivity contribution in [1.29, 1.82) is 0 Å². The topological polar surface area (TPSA) is 24.3 Å². The molecule has 8 aromatic rings. The van der Waals surface area contributed by atoms with Crippen molar-refractivity contribution in [2.75, 3.05) is 9.80 Å². The van der Waals surface area contributed by atoms with Crippen LogP contribution in [0.3, 0.4) is 0 Å². The smallest absolute Gasteiger partial charge is 0.0686 e. The third kappa shape index (κ3) is 4.34. The summed E-state index contributed by atoms with van der Waals surface area (Å²) < 4.78 is 2.44. The first kappa shape index (κ1) is 28.1. The fraction of sp³-hybridized carbons (Fsp3) is 0.0682. The predicted molar refractivity (Wildman–Crippen MR) is 200 cm³/mol. The number of hydrogen-bond acceptors (Lipinski definition) is 3. The Kier molecular flexibility index (Phi) is 6.44. The highest BCUT2D eigenvalue weighted by Crippen LogP contribution is 2.51. The first-order valence-corrected chi connectivity index (χ1v) is 16.5.